The molecule has 1 aliphatic rings. The molecule has 1 aromatic carbocycles. The van der Waals surface area contributed by atoms with E-state index in [0.29, 0.717) is 18.8 Å². The first-order valence-electron chi connectivity index (χ1n) is 7.59. The van der Waals surface area contributed by atoms with Gasteiger partial charge in [-0.3, -0.25) is 9.59 Å². The van der Waals surface area contributed by atoms with Gasteiger partial charge in [-0.25, -0.2) is 0 Å². The Morgan fingerprint density at radius 2 is 1.82 bits per heavy atom. The predicted molar refractivity (Wildman–Crippen MR) is 86.0 cm³/mol. The molecule has 2 amide bonds. The Morgan fingerprint density at radius 3 is 2.45 bits per heavy atom. The Labute approximate surface area is 130 Å². The van der Waals surface area contributed by atoms with E-state index in [-0.39, 0.29) is 18.2 Å². The number of anilines is 2. The van der Waals surface area contributed by atoms with Crippen molar-refractivity contribution in [3.63, 3.8) is 0 Å². The average Bonchev–Trinajstić information content (AvgIpc) is 3.02. The fourth-order valence-corrected chi connectivity index (χ4v) is 2.44. The van der Waals surface area contributed by atoms with Gasteiger partial charge >= 0.3 is 0 Å². The van der Waals surface area contributed by atoms with Crippen molar-refractivity contribution in [1.29, 1.82) is 0 Å². The van der Waals surface area contributed by atoms with Crippen molar-refractivity contribution in [2.75, 3.05) is 43.6 Å². The van der Waals surface area contributed by atoms with Crippen molar-refractivity contribution in [2.24, 2.45) is 0 Å². The van der Waals surface area contributed by atoms with Crippen LogP contribution in [0.15, 0.2) is 24.3 Å². The molecule has 2 rings (SSSR count). The molecule has 0 atom stereocenters. The standard InChI is InChI=1S/C16H23N3O3/c1-22-11-8-17-15(20)12-16(21)18-13-4-6-14(7-5-13)19-9-2-3-10-19/h4-7H,2-3,8-12H2,1H3,(H,17,20)(H,18,21). The first-order valence-corrected chi connectivity index (χ1v) is 7.59. The van der Waals surface area contributed by atoms with E-state index in [1.165, 1.54) is 18.5 Å². The number of hydrogen-bond acceptors (Lipinski definition) is 4. The normalized spacial score (nSPS) is 14.0. The Bertz CT molecular complexity index is 496. The molecule has 0 spiro atoms. The Kier molecular flexibility index (Phi) is 6.21. The first kappa shape index (κ1) is 16.3. The summed E-state index contributed by atoms with van der Waals surface area (Å²) in [5.41, 5.74) is 1.88. The lowest BCUT2D eigenvalue weighted by Gasteiger charge is -2.17. The van der Waals surface area contributed by atoms with Crippen molar-refractivity contribution < 1.29 is 14.3 Å². The largest absolute Gasteiger partial charge is 0.383 e. The second kappa shape index (κ2) is 8.38. The molecule has 2 N–H and O–H groups in total. The number of hydrogen-bond donors (Lipinski definition) is 2. The molecule has 22 heavy (non-hydrogen) atoms. The van der Waals surface area contributed by atoms with Crippen molar-refractivity contribution >= 4 is 23.2 Å². The van der Waals surface area contributed by atoms with Crippen LogP contribution < -0.4 is 15.5 Å². The minimum absolute atomic E-state index is 0.183. The molecular formula is C16H23N3O3. The number of carbonyl (C=O) groups is 2. The number of benzene rings is 1. The van der Waals surface area contributed by atoms with Crippen LogP contribution in [-0.2, 0) is 14.3 Å². The number of methoxy groups -OCH3 is 1. The molecule has 1 aromatic rings. The highest BCUT2D eigenvalue weighted by Gasteiger charge is 2.13. The molecule has 1 heterocycles. The fourth-order valence-electron chi connectivity index (χ4n) is 2.44. The van der Waals surface area contributed by atoms with E-state index in [0.717, 1.165) is 13.1 Å². The van der Waals surface area contributed by atoms with Gasteiger partial charge in [-0.05, 0) is 37.1 Å². The lowest BCUT2D eigenvalue weighted by Crippen LogP contribution is -2.30. The zero-order chi connectivity index (χ0) is 15.8. The Balaban J connectivity index is 1.77. The monoisotopic (exact) mass is 305 g/mol. The first-order chi connectivity index (χ1) is 10.7. The van der Waals surface area contributed by atoms with E-state index in [1.807, 2.05) is 24.3 Å². The van der Waals surface area contributed by atoms with Crippen LogP contribution in [-0.4, -0.2) is 45.2 Å². The average molecular weight is 305 g/mol. The molecule has 0 radical (unpaired) electrons. The summed E-state index contributed by atoms with van der Waals surface area (Å²) in [5.74, 6) is -0.618. The van der Waals surface area contributed by atoms with Gasteiger partial charge in [0.25, 0.3) is 0 Å². The number of carbonyl (C=O) groups excluding carboxylic acids is 2. The third kappa shape index (κ3) is 5.04. The maximum Gasteiger partial charge on any atom is 0.233 e. The summed E-state index contributed by atoms with van der Waals surface area (Å²) in [6.07, 6.45) is 2.28. The summed E-state index contributed by atoms with van der Waals surface area (Å²) in [5, 5.41) is 5.35. The number of amides is 2. The lowest BCUT2D eigenvalue weighted by molar-refractivity contribution is -0.126. The topological polar surface area (TPSA) is 70.7 Å². The number of nitrogens with zero attached hydrogens (tertiary/aromatic N) is 1. The van der Waals surface area contributed by atoms with Gasteiger partial charge in [0.05, 0.1) is 6.61 Å². The predicted octanol–water partition coefficient (Wildman–Crippen LogP) is 1.38. The van der Waals surface area contributed by atoms with Crippen molar-refractivity contribution in [2.45, 2.75) is 19.3 Å². The molecule has 0 unspecified atom stereocenters. The molecule has 0 aliphatic carbocycles. The summed E-state index contributed by atoms with van der Waals surface area (Å²) in [4.78, 5) is 25.6. The van der Waals surface area contributed by atoms with E-state index in [4.69, 9.17) is 4.74 Å². The van der Waals surface area contributed by atoms with Crippen LogP contribution in [0, 0.1) is 0 Å². The van der Waals surface area contributed by atoms with Gasteiger partial charge < -0.3 is 20.3 Å². The minimum Gasteiger partial charge on any atom is -0.383 e. The van der Waals surface area contributed by atoms with Gasteiger partial charge in [-0.15, -0.1) is 0 Å². The summed E-state index contributed by atoms with van der Waals surface area (Å²) in [7, 11) is 1.56. The minimum atomic E-state index is -0.316. The smallest absolute Gasteiger partial charge is 0.233 e. The second-order valence-electron chi connectivity index (χ2n) is 5.31. The van der Waals surface area contributed by atoms with E-state index >= 15 is 0 Å². The quantitative estimate of drug-likeness (QED) is 0.590. The molecule has 0 bridgehead atoms. The maximum absolute atomic E-state index is 11.8. The molecule has 6 nitrogen and oxygen atoms in total. The molecule has 0 saturated carbocycles. The maximum atomic E-state index is 11.8. The van der Waals surface area contributed by atoms with Gasteiger partial charge in [0.15, 0.2) is 0 Å². The van der Waals surface area contributed by atoms with Crippen LogP contribution in [0.1, 0.15) is 19.3 Å². The zero-order valence-electron chi connectivity index (χ0n) is 12.9. The molecule has 6 heteroatoms. The summed E-state index contributed by atoms with van der Waals surface area (Å²) < 4.78 is 4.83. The third-order valence-corrected chi connectivity index (χ3v) is 3.57. The van der Waals surface area contributed by atoms with Gasteiger partial charge in [-0.2, -0.15) is 0 Å². The molecule has 1 aliphatic heterocycles. The van der Waals surface area contributed by atoms with E-state index < -0.39 is 0 Å². The van der Waals surface area contributed by atoms with Crippen LogP contribution >= 0.6 is 0 Å². The molecule has 120 valence electrons. The Morgan fingerprint density at radius 1 is 1.14 bits per heavy atom. The van der Waals surface area contributed by atoms with Crippen molar-refractivity contribution in [1.82, 2.24) is 5.32 Å². The highest BCUT2D eigenvalue weighted by molar-refractivity contribution is 6.03. The highest BCUT2D eigenvalue weighted by atomic mass is 16.5. The zero-order valence-corrected chi connectivity index (χ0v) is 12.9. The van der Waals surface area contributed by atoms with Crippen molar-refractivity contribution in [3.8, 4) is 0 Å². The van der Waals surface area contributed by atoms with Gasteiger partial charge in [-0.1, -0.05) is 0 Å². The van der Waals surface area contributed by atoms with E-state index in [2.05, 4.69) is 15.5 Å². The molecule has 0 aromatic heterocycles. The highest BCUT2D eigenvalue weighted by Crippen LogP contribution is 2.22. The fraction of sp³-hybridized carbons (Fsp3) is 0.500. The summed E-state index contributed by atoms with van der Waals surface area (Å²) in [6, 6.07) is 7.74. The molecule has 1 fully saturated rings. The summed E-state index contributed by atoms with van der Waals surface area (Å²) in [6.45, 7) is 3.03. The lowest BCUT2D eigenvalue weighted by atomic mass is 10.2. The number of rotatable bonds is 7. The second-order valence-corrected chi connectivity index (χ2v) is 5.31. The summed E-state index contributed by atoms with van der Waals surface area (Å²) >= 11 is 0. The van der Waals surface area contributed by atoms with Gasteiger partial charge in [0, 0.05) is 38.1 Å². The molecular weight excluding hydrogens is 282 g/mol. The molecule has 1 saturated heterocycles. The number of ether oxygens (including phenoxy) is 1. The van der Waals surface area contributed by atoms with Crippen LogP contribution in [0.25, 0.3) is 0 Å². The van der Waals surface area contributed by atoms with Crippen molar-refractivity contribution in [3.05, 3.63) is 24.3 Å². The Hall–Kier alpha value is -2.08. The van der Waals surface area contributed by atoms with Crippen LogP contribution in [0.3, 0.4) is 0 Å². The van der Waals surface area contributed by atoms with E-state index in [9.17, 15) is 9.59 Å². The van der Waals surface area contributed by atoms with Crippen LogP contribution in [0.2, 0.25) is 0 Å². The number of nitrogens with one attached hydrogen (secondary N) is 2. The van der Waals surface area contributed by atoms with Crippen LogP contribution in [0.5, 0.6) is 0 Å². The van der Waals surface area contributed by atoms with Gasteiger partial charge in [0.2, 0.25) is 11.8 Å². The van der Waals surface area contributed by atoms with Crippen LogP contribution in [0.4, 0.5) is 11.4 Å². The van der Waals surface area contributed by atoms with E-state index in [1.54, 1.807) is 7.11 Å². The SMILES string of the molecule is COCCNC(=O)CC(=O)Nc1ccc(N2CCCC2)cc1. The van der Waals surface area contributed by atoms with Gasteiger partial charge in [0.1, 0.15) is 6.42 Å². The third-order valence-electron chi connectivity index (χ3n) is 3.57.